The topological polar surface area (TPSA) is 140 Å². The van der Waals surface area contributed by atoms with E-state index in [4.69, 9.17) is 9.47 Å². The summed E-state index contributed by atoms with van der Waals surface area (Å²) in [7, 11) is 1.45. The second-order valence-electron chi connectivity index (χ2n) is 9.16. The second-order valence-corrected chi connectivity index (χ2v) is 9.16. The number of nitrogens with one attached hydrogen (secondary N) is 3. The first-order chi connectivity index (χ1) is 17.6. The maximum Gasteiger partial charge on any atom is 0.413 e. The third-order valence-corrected chi connectivity index (χ3v) is 6.19. The highest BCUT2D eigenvalue weighted by Gasteiger charge is 2.46. The zero-order chi connectivity index (χ0) is 27.1. The Hall–Kier alpha value is -4.21. The monoisotopic (exact) mass is 509 g/mol. The molecular formula is C27H31N3O7. The molecule has 196 valence electrons. The van der Waals surface area contributed by atoms with Crippen LogP contribution in [0, 0.1) is 17.8 Å². The molecule has 2 aromatic carbocycles. The van der Waals surface area contributed by atoms with Crippen LogP contribution in [0.4, 0.5) is 4.79 Å². The number of ketones is 1. The lowest BCUT2D eigenvalue weighted by Crippen LogP contribution is -2.49. The van der Waals surface area contributed by atoms with Crippen LogP contribution in [-0.4, -0.2) is 42.7 Å². The number of carbonyl (C=O) groups is 5. The fraction of sp³-hybridized carbons (Fsp3) is 0.370. The molecule has 10 heteroatoms. The summed E-state index contributed by atoms with van der Waals surface area (Å²) >= 11 is 0. The Morgan fingerprint density at radius 2 is 1.54 bits per heavy atom. The quantitative estimate of drug-likeness (QED) is 0.330. The molecule has 0 saturated carbocycles. The summed E-state index contributed by atoms with van der Waals surface area (Å²) in [5, 5.41) is 7.56. The van der Waals surface area contributed by atoms with Gasteiger partial charge in [0.25, 0.3) is 0 Å². The summed E-state index contributed by atoms with van der Waals surface area (Å²) in [6.07, 6.45) is -0.995. The van der Waals surface area contributed by atoms with Crippen molar-refractivity contribution < 1.29 is 33.4 Å². The molecule has 1 fully saturated rings. The predicted molar refractivity (Wildman–Crippen MR) is 134 cm³/mol. The van der Waals surface area contributed by atoms with Crippen LogP contribution in [0.1, 0.15) is 38.8 Å². The molecule has 1 heterocycles. The van der Waals surface area contributed by atoms with E-state index >= 15 is 0 Å². The first kappa shape index (κ1) is 27.4. The van der Waals surface area contributed by atoms with E-state index in [2.05, 4.69) is 16.0 Å². The minimum atomic E-state index is -1.17. The molecular weight excluding hydrogens is 478 g/mol. The summed E-state index contributed by atoms with van der Waals surface area (Å²) in [5.74, 6) is -3.97. The number of hydrogen-bond donors (Lipinski definition) is 3. The maximum atomic E-state index is 13.2. The number of imide groups is 1. The number of benzene rings is 2. The lowest BCUT2D eigenvalue weighted by atomic mass is 9.85. The maximum absolute atomic E-state index is 13.2. The van der Waals surface area contributed by atoms with E-state index in [0.717, 1.165) is 0 Å². The highest BCUT2D eigenvalue weighted by atomic mass is 16.6. The molecule has 0 radical (unpaired) electrons. The predicted octanol–water partition coefficient (Wildman–Crippen LogP) is 2.53. The second kappa shape index (κ2) is 12.2. The van der Waals surface area contributed by atoms with Gasteiger partial charge in [-0.25, -0.2) is 4.79 Å². The summed E-state index contributed by atoms with van der Waals surface area (Å²) < 4.78 is 10.6. The number of hydrogen-bond acceptors (Lipinski definition) is 7. The van der Waals surface area contributed by atoms with Crippen LogP contribution in [0.5, 0.6) is 11.5 Å². The number of para-hydroxylation sites is 2. The van der Waals surface area contributed by atoms with Crippen LogP contribution >= 0.6 is 0 Å². The normalized spacial score (nSPS) is 18.5. The van der Waals surface area contributed by atoms with Gasteiger partial charge in [-0.05, 0) is 23.6 Å². The number of ether oxygens (including phenoxy) is 2. The Bertz CT molecular complexity index is 1170. The number of amides is 4. The lowest BCUT2D eigenvalue weighted by Gasteiger charge is -2.26. The van der Waals surface area contributed by atoms with Gasteiger partial charge in [-0.1, -0.05) is 63.2 Å². The number of carbonyl (C=O) groups excluding carboxylic acids is 5. The van der Waals surface area contributed by atoms with Crippen LogP contribution < -0.4 is 25.4 Å². The Morgan fingerprint density at radius 1 is 0.919 bits per heavy atom. The van der Waals surface area contributed by atoms with E-state index in [9.17, 15) is 24.0 Å². The van der Waals surface area contributed by atoms with E-state index in [0.29, 0.717) is 11.3 Å². The van der Waals surface area contributed by atoms with Gasteiger partial charge in [0.2, 0.25) is 17.7 Å². The van der Waals surface area contributed by atoms with E-state index in [1.54, 1.807) is 68.4 Å². The van der Waals surface area contributed by atoms with Gasteiger partial charge in [0.05, 0.1) is 31.5 Å². The van der Waals surface area contributed by atoms with Crippen LogP contribution in [0.15, 0.2) is 54.6 Å². The fourth-order valence-electron chi connectivity index (χ4n) is 4.16. The summed E-state index contributed by atoms with van der Waals surface area (Å²) in [6, 6.07) is 13.7. The van der Waals surface area contributed by atoms with Crippen molar-refractivity contribution in [3.05, 3.63) is 60.2 Å². The Morgan fingerprint density at radius 3 is 2.11 bits per heavy atom. The zero-order valence-corrected chi connectivity index (χ0v) is 21.1. The minimum Gasteiger partial charge on any atom is -0.493 e. The van der Waals surface area contributed by atoms with Crippen molar-refractivity contribution in [2.24, 2.45) is 17.8 Å². The molecule has 10 nitrogen and oxygen atoms in total. The smallest absolute Gasteiger partial charge is 0.413 e. The number of Topliss-reactive ketones (excluding diaryl/α,β-unsaturated/α-hetero) is 1. The highest BCUT2D eigenvalue weighted by Crippen LogP contribution is 2.27. The van der Waals surface area contributed by atoms with Crippen LogP contribution in [0.2, 0.25) is 0 Å². The first-order valence-electron chi connectivity index (χ1n) is 12.0. The van der Waals surface area contributed by atoms with Gasteiger partial charge in [-0.3, -0.25) is 24.5 Å². The SMILES string of the molecule is COc1ccccc1OC(=O)NC(CC(=O)N[C@H](C(=O)[C@@H]1C(=O)NC(=O)[C@H]1C)C(C)C)c1ccccc1. The molecule has 37 heavy (non-hydrogen) atoms. The van der Waals surface area contributed by atoms with E-state index in [1.807, 2.05) is 0 Å². The first-order valence-corrected chi connectivity index (χ1v) is 12.0. The molecule has 3 N–H and O–H groups in total. The molecule has 0 aromatic heterocycles. The van der Waals surface area contributed by atoms with Crippen molar-refractivity contribution in [2.45, 2.75) is 39.3 Å². The molecule has 1 aliphatic rings. The summed E-state index contributed by atoms with van der Waals surface area (Å²) in [5.41, 5.74) is 0.649. The van der Waals surface area contributed by atoms with E-state index < -0.39 is 53.5 Å². The van der Waals surface area contributed by atoms with Crippen LogP contribution in [0.25, 0.3) is 0 Å². The molecule has 1 saturated heterocycles. The average Bonchev–Trinajstić information content (AvgIpc) is 3.13. The number of methoxy groups -OCH3 is 1. The standard InChI is InChI=1S/C27H31N3O7/c1-15(2)23(24(32)22-16(3)25(33)30-26(22)34)29-21(31)14-18(17-10-6-5-7-11-17)28-27(35)37-20-13-9-8-12-19(20)36-4/h5-13,15-16,18,22-23H,14H2,1-4H3,(H,28,35)(H,29,31)(H,30,33,34)/t16-,18?,22+,23-/m0/s1. The summed E-state index contributed by atoms with van der Waals surface area (Å²) in [4.78, 5) is 63.0. The van der Waals surface area contributed by atoms with E-state index in [-0.39, 0.29) is 18.1 Å². The van der Waals surface area contributed by atoms with Crippen molar-refractivity contribution in [1.82, 2.24) is 16.0 Å². The zero-order valence-electron chi connectivity index (χ0n) is 21.1. The van der Waals surface area contributed by atoms with Gasteiger partial charge < -0.3 is 20.1 Å². The van der Waals surface area contributed by atoms with Crippen molar-refractivity contribution in [1.29, 1.82) is 0 Å². The molecule has 1 unspecified atom stereocenters. The third kappa shape index (κ3) is 6.72. The van der Waals surface area contributed by atoms with Gasteiger partial charge in [0.1, 0.15) is 5.92 Å². The number of rotatable bonds is 10. The Balaban J connectivity index is 1.74. The molecule has 0 aliphatic carbocycles. The molecule has 4 amide bonds. The van der Waals surface area contributed by atoms with Gasteiger partial charge in [0.15, 0.2) is 17.3 Å². The van der Waals surface area contributed by atoms with Gasteiger partial charge in [0, 0.05) is 0 Å². The highest BCUT2D eigenvalue weighted by molar-refractivity contribution is 6.16. The molecule has 0 bridgehead atoms. The van der Waals surface area contributed by atoms with Crippen molar-refractivity contribution in [3.8, 4) is 11.5 Å². The minimum absolute atomic E-state index is 0.202. The molecule has 0 spiro atoms. The van der Waals surface area contributed by atoms with Gasteiger partial charge in [-0.2, -0.15) is 0 Å². The molecule has 2 aromatic rings. The van der Waals surface area contributed by atoms with Crippen molar-refractivity contribution in [3.63, 3.8) is 0 Å². The average molecular weight is 510 g/mol. The van der Waals surface area contributed by atoms with Gasteiger partial charge in [-0.15, -0.1) is 0 Å². The van der Waals surface area contributed by atoms with Crippen molar-refractivity contribution in [2.75, 3.05) is 7.11 Å². The lowest BCUT2D eigenvalue weighted by molar-refractivity contribution is -0.137. The fourth-order valence-corrected chi connectivity index (χ4v) is 4.16. The van der Waals surface area contributed by atoms with Crippen molar-refractivity contribution >= 4 is 29.6 Å². The summed E-state index contributed by atoms with van der Waals surface area (Å²) in [6.45, 7) is 4.98. The largest absolute Gasteiger partial charge is 0.493 e. The molecule has 1 aliphatic heterocycles. The third-order valence-electron chi connectivity index (χ3n) is 6.19. The molecule has 4 atom stereocenters. The van der Waals surface area contributed by atoms with Gasteiger partial charge >= 0.3 is 6.09 Å². The van der Waals surface area contributed by atoms with E-state index in [1.165, 1.54) is 14.0 Å². The van der Waals surface area contributed by atoms with Crippen LogP contribution in [0.3, 0.4) is 0 Å². The van der Waals surface area contributed by atoms with Crippen LogP contribution in [-0.2, 0) is 19.2 Å². The Kier molecular flexibility index (Phi) is 9.00. The Labute approximate surface area is 215 Å². The molecule has 3 rings (SSSR count).